The average Bonchev–Trinajstić information content (AvgIpc) is 3.19. The summed E-state index contributed by atoms with van der Waals surface area (Å²) in [5, 5.41) is 7.88. The van der Waals surface area contributed by atoms with Gasteiger partial charge in [0.15, 0.2) is 5.82 Å². The lowest BCUT2D eigenvalue weighted by atomic mass is 10.1. The molecule has 0 aliphatic rings. The first-order valence-electron chi connectivity index (χ1n) is 6.45. The van der Waals surface area contributed by atoms with E-state index in [9.17, 15) is 9.59 Å². The third-order valence-electron chi connectivity index (χ3n) is 2.84. The highest BCUT2D eigenvalue weighted by atomic mass is 32.2. The van der Waals surface area contributed by atoms with Crippen LogP contribution >= 0.6 is 23.1 Å². The zero-order valence-corrected chi connectivity index (χ0v) is 13.0. The Morgan fingerprint density at radius 2 is 2.05 bits per heavy atom. The summed E-state index contributed by atoms with van der Waals surface area (Å²) in [5.74, 6) is -1.15. The largest absolute Gasteiger partial charge is 0.290 e. The molecular formula is C15H11N3O2S2. The Hall–Kier alpha value is -2.25. The molecule has 0 saturated carbocycles. The minimum Gasteiger partial charge on any atom is -0.290 e. The van der Waals surface area contributed by atoms with Crippen molar-refractivity contribution in [1.29, 1.82) is 0 Å². The normalized spacial score (nSPS) is 10.5. The van der Waals surface area contributed by atoms with E-state index in [1.807, 2.05) is 41.8 Å². The summed E-state index contributed by atoms with van der Waals surface area (Å²) in [4.78, 5) is 28.6. The number of benzene rings is 1. The second-order valence-corrected chi connectivity index (χ2v) is 6.74. The summed E-state index contributed by atoms with van der Waals surface area (Å²) in [6, 6.07) is 11.9. The number of ketones is 2. The molecule has 1 aromatic carbocycles. The summed E-state index contributed by atoms with van der Waals surface area (Å²) >= 11 is 3.19. The van der Waals surface area contributed by atoms with Crippen molar-refractivity contribution in [2.24, 2.45) is 0 Å². The maximum atomic E-state index is 11.9. The molecule has 3 rings (SSSR count). The van der Waals surface area contributed by atoms with E-state index < -0.39 is 11.6 Å². The van der Waals surface area contributed by atoms with Crippen molar-refractivity contribution >= 4 is 34.7 Å². The van der Waals surface area contributed by atoms with Crippen molar-refractivity contribution in [2.75, 3.05) is 0 Å². The predicted octanol–water partition coefficient (Wildman–Crippen LogP) is 3.01. The van der Waals surface area contributed by atoms with E-state index in [0.717, 1.165) is 14.7 Å². The molecule has 0 aliphatic heterocycles. The van der Waals surface area contributed by atoms with Crippen LogP contribution in [0.5, 0.6) is 0 Å². The maximum absolute atomic E-state index is 11.9. The van der Waals surface area contributed by atoms with Gasteiger partial charge in [-0.25, -0.2) is 4.98 Å². The minimum absolute atomic E-state index is 0.0147. The first kappa shape index (κ1) is 14.7. The molecule has 0 atom stereocenters. The number of aromatic nitrogens is 3. The van der Waals surface area contributed by atoms with Gasteiger partial charge in [0.05, 0.1) is 4.21 Å². The lowest BCUT2D eigenvalue weighted by Crippen LogP contribution is -2.17. The predicted molar refractivity (Wildman–Crippen MR) is 84.3 cm³/mol. The van der Waals surface area contributed by atoms with Crippen LogP contribution in [0.4, 0.5) is 0 Å². The van der Waals surface area contributed by atoms with Gasteiger partial charge in [0.25, 0.3) is 5.78 Å². The van der Waals surface area contributed by atoms with E-state index in [0.29, 0.717) is 0 Å². The second kappa shape index (κ2) is 6.67. The number of thiophene rings is 1. The van der Waals surface area contributed by atoms with Gasteiger partial charge in [-0.3, -0.25) is 14.7 Å². The average molecular weight is 329 g/mol. The van der Waals surface area contributed by atoms with Crippen molar-refractivity contribution in [3.8, 4) is 0 Å². The van der Waals surface area contributed by atoms with Crippen molar-refractivity contribution < 1.29 is 9.59 Å². The van der Waals surface area contributed by atoms with Crippen LogP contribution in [0, 0.1) is 0 Å². The van der Waals surface area contributed by atoms with Gasteiger partial charge in [0.1, 0.15) is 6.33 Å². The van der Waals surface area contributed by atoms with E-state index in [4.69, 9.17) is 0 Å². The van der Waals surface area contributed by atoms with Gasteiger partial charge >= 0.3 is 0 Å². The molecule has 0 saturated heterocycles. The Morgan fingerprint density at radius 1 is 1.23 bits per heavy atom. The molecule has 5 nitrogen and oxygen atoms in total. The Bertz CT molecular complexity index is 782. The van der Waals surface area contributed by atoms with Crippen LogP contribution < -0.4 is 0 Å². The van der Waals surface area contributed by atoms with Crippen LogP contribution in [0.3, 0.4) is 0 Å². The van der Waals surface area contributed by atoms with Gasteiger partial charge in [0, 0.05) is 11.3 Å². The number of hydrogen-bond donors (Lipinski definition) is 1. The SMILES string of the molecule is O=C(Cc1csc(Sc2ccccc2)c1)C(=O)c1ncn[nH]1. The fourth-order valence-corrected chi connectivity index (χ4v) is 3.82. The van der Waals surface area contributed by atoms with Gasteiger partial charge in [-0.05, 0) is 29.1 Å². The smallest absolute Gasteiger partial charge is 0.265 e. The Labute approximate surface area is 134 Å². The third-order valence-corrected chi connectivity index (χ3v) is 4.98. The van der Waals surface area contributed by atoms with Crippen LogP contribution in [0.15, 0.2) is 57.2 Å². The van der Waals surface area contributed by atoms with Crippen LogP contribution in [0.2, 0.25) is 0 Å². The topological polar surface area (TPSA) is 75.7 Å². The number of rotatable bonds is 6. The molecule has 0 unspecified atom stereocenters. The van der Waals surface area contributed by atoms with Gasteiger partial charge in [-0.15, -0.1) is 11.3 Å². The summed E-state index contributed by atoms with van der Waals surface area (Å²) in [6.45, 7) is 0. The third kappa shape index (κ3) is 3.49. The summed E-state index contributed by atoms with van der Waals surface area (Å²) < 4.78 is 1.08. The van der Waals surface area contributed by atoms with Crippen molar-refractivity contribution in [3.05, 3.63) is 59.5 Å². The summed E-state index contributed by atoms with van der Waals surface area (Å²) in [7, 11) is 0. The molecule has 22 heavy (non-hydrogen) atoms. The highest BCUT2D eigenvalue weighted by Crippen LogP contribution is 2.32. The molecule has 0 bridgehead atoms. The first-order valence-corrected chi connectivity index (χ1v) is 8.15. The summed E-state index contributed by atoms with van der Waals surface area (Å²) in [6.07, 6.45) is 1.28. The number of Topliss-reactive ketones (excluding diaryl/α,β-unsaturated/α-hetero) is 2. The zero-order chi connectivity index (χ0) is 15.4. The van der Waals surface area contributed by atoms with Gasteiger partial charge in [-0.2, -0.15) is 5.10 Å². The fraction of sp³-hybridized carbons (Fsp3) is 0.0667. The molecule has 0 aliphatic carbocycles. The van der Waals surface area contributed by atoms with Gasteiger partial charge in [0.2, 0.25) is 5.78 Å². The van der Waals surface area contributed by atoms with Crippen LogP contribution in [0.25, 0.3) is 0 Å². The molecule has 7 heteroatoms. The Morgan fingerprint density at radius 3 is 2.77 bits per heavy atom. The second-order valence-electron chi connectivity index (χ2n) is 4.45. The van der Waals surface area contributed by atoms with Crippen molar-refractivity contribution in [3.63, 3.8) is 0 Å². The molecule has 0 radical (unpaired) electrons. The molecule has 2 heterocycles. The number of nitrogens with zero attached hydrogens (tertiary/aromatic N) is 2. The molecular weight excluding hydrogens is 318 g/mol. The number of nitrogens with one attached hydrogen (secondary N) is 1. The van der Waals surface area contributed by atoms with Crippen LogP contribution in [-0.2, 0) is 11.2 Å². The molecule has 1 N–H and O–H groups in total. The van der Waals surface area contributed by atoms with Gasteiger partial charge in [-0.1, -0.05) is 30.0 Å². The number of H-pyrrole nitrogens is 1. The number of aromatic amines is 1. The summed E-state index contributed by atoms with van der Waals surface area (Å²) in [5.41, 5.74) is 0.835. The van der Waals surface area contributed by atoms with Gasteiger partial charge < -0.3 is 0 Å². The molecule has 2 aromatic heterocycles. The van der Waals surface area contributed by atoms with E-state index in [2.05, 4.69) is 15.2 Å². The highest BCUT2D eigenvalue weighted by Gasteiger charge is 2.19. The molecule has 110 valence electrons. The molecule has 0 spiro atoms. The molecule has 0 amide bonds. The van der Waals surface area contributed by atoms with Crippen molar-refractivity contribution in [2.45, 2.75) is 15.5 Å². The fourth-order valence-electron chi connectivity index (χ4n) is 1.82. The van der Waals surface area contributed by atoms with Crippen LogP contribution in [-0.4, -0.2) is 26.7 Å². The monoisotopic (exact) mass is 329 g/mol. The van der Waals surface area contributed by atoms with E-state index in [1.54, 1.807) is 23.1 Å². The van der Waals surface area contributed by atoms with Crippen LogP contribution in [0.1, 0.15) is 16.2 Å². The number of hydrogen-bond acceptors (Lipinski definition) is 6. The standard InChI is InChI=1S/C15H11N3O2S2/c19-12(14(20)15-16-9-17-18-15)6-10-7-13(21-8-10)22-11-4-2-1-3-5-11/h1-5,7-9H,6H2,(H,16,17,18). The Balaban J connectivity index is 1.64. The molecule has 0 fully saturated rings. The Kier molecular flexibility index (Phi) is 4.45. The first-order chi connectivity index (χ1) is 10.7. The lowest BCUT2D eigenvalue weighted by molar-refractivity contribution is -0.114. The maximum Gasteiger partial charge on any atom is 0.265 e. The van der Waals surface area contributed by atoms with E-state index >= 15 is 0 Å². The van der Waals surface area contributed by atoms with E-state index in [1.165, 1.54) is 6.33 Å². The number of carbonyl (C=O) groups is 2. The van der Waals surface area contributed by atoms with Crippen molar-refractivity contribution in [1.82, 2.24) is 15.2 Å². The highest BCUT2D eigenvalue weighted by molar-refractivity contribution is 8.01. The lowest BCUT2D eigenvalue weighted by Gasteiger charge is -1.97. The number of carbonyl (C=O) groups excluding carboxylic acids is 2. The zero-order valence-electron chi connectivity index (χ0n) is 11.4. The minimum atomic E-state index is -0.638. The molecule has 3 aromatic rings. The quantitative estimate of drug-likeness (QED) is 0.556. The van der Waals surface area contributed by atoms with E-state index in [-0.39, 0.29) is 12.2 Å².